The number of hydrogen-bond acceptors (Lipinski definition) is 7. The zero-order chi connectivity index (χ0) is 23.4. The van der Waals surface area contributed by atoms with Gasteiger partial charge in [0.05, 0.1) is 0 Å². The molecule has 0 spiro atoms. The number of rotatable bonds is 13. The van der Waals surface area contributed by atoms with Crippen molar-refractivity contribution in [3.63, 3.8) is 0 Å². The van der Waals surface area contributed by atoms with Crippen LogP contribution in [0.3, 0.4) is 0 Å². The van der Waals surface area contributed by atoms with Crippen molar-refractivity contribution in [2.24, 2.45) is 11.5 Å². The van der Waals surface area contributed by atoms with Crippen molar-refractivity contribution in [2.75, 3.05) is 32.7 Å². The summed E-state index contributed by atoms with van der Waals surface area (Å²) in [4.78, 5) is 63.9. The van der Waals surface area contributed by atoms with Gasteiger partial charge in [-0.1, -0.05) is 0 Å². The molecule has 0 bridgehead atoms. The molecule has 12 nitrogen and oxygen atoms in total. The maximum absolute atomic E-state index is 13.0. The Morgan fingerprint density at radius 1 is 1.13 bits per heavy atom. The summed E-state index contributed by atoms with van der Waals surface area (Å²) in [7, 11) is 0. The van der Waals surface area contributed by atoms with Crippen LogP contribution in [0.2, 0.25) is 0 Å². The van der Waals surface area contributed by atoms with E-state index in [1.165, 1.54) is 24.9 Å². The molecule has 174 valence electrons. The van der Waals surface area contributed by atoms with Crippen LogP contribution >= 0.6 is 0 Å². The largest absolute Gasteiger partial charge is 0.355 e. The average molecular weight is 440 g/mol. The third-order valence-electron chi connectivity index (χ3n) is 4.59. The van der Waals surface area contributed by atoms with Crippen LogP contribution in [0, 0.1) is 6.92 Å². The minimum absolute atomic E-state index is 0.113. The molecule has 0 aromatic carbocycles. The highest BCUT2D eigenvalue weighted by atomic mass is 16.2. The van der Waals surface area contributed by atoms with Crippen LogP contribution in [0.4, 0.5) is 0 Å². The van der Waals surface area contributed by atoms with Gasteiger partial charge in [0.2, 0.25) is 17.7 Å². The maximum Gasteiger partial charge on any atom is 0.328 e. The third kappa shape index (κ3) is 8.72. The van der Waals surface area contributed by atoms with E-state index in [0.717, 1.165) is 4.57 Å². The quantitative estimate of drug-likeness (QED) is 0.208. The number of nitrogens with zero attached hydrogens (tertiary/aromatic N) is 2. The zero-order valence-electron chi connectivity index (χ0n) is 18.1. The standard InChI is InChI=1S/C19H33N7O5/c1-13-11-25(19(31)24-17(13)29)12-16(28)26(10-7-21)15(5-3-4-6-20)18(30)23-9-8-22-14(2)27/h11,15H,3-10,12,20-21H2,1-2H3,(H,22,27)(H,23,30)(H,24,29,31). The average Bonchev–Trinajstić information content (AvgIpc) is 2.71. The molecule has 12 heteroatoms. The van der Waals surface area contributed by atoms with Crippen molar-refractivity contribution in [3.05, 3.63) is 32.6 Å². The van der Waals surface area contributed by atoms with Gasteiger partial charge >= 0.3 is 5.69 Å². The molecular formula is C19H33N7O5. The Labute approximate surface area is 180 Å². The molecule has 3 amide bonds. The fourth-order valence-corrected chi connectivity index (χ4v) is 3.02. The third-order valence-corrected chi connectivity index (χ3v) is 4.59. The van der Waals surface area contributed by atoms with Gasteiger partial charge in [-0.3, -0.25) is 28.7 Å². The highest BCUT2D eigenvalue weighted by Crippen LogP contribution is 2.11. The molecule has 1 heterocycles. The normalized spacial score (nSPS) is 11.6. The van der Waals surface area contributed by atoms with E-state index in [0.29, 0.717) is 25.8 Å². The van der Waals surface area contributed by atoms with Gasteiger partial charge in [0.25, 0.3) is 5.56 Å². The lowest BCUT2D eigenvalue weighted by Gasteiger charge is -2.31. The van der Waals surface area contributed by atoms with Gasteiger partial charge in [-0.15, -0.1) is 0 Å². The number of H-pyrrole nitrogens is 1. The fourth-order valence-electron chi connectivity index (χ4n) is 3.02. The van der Waals surface area contributed by atoms with E-state index < -0.39 is 23.2 Å². The Morgan fingerprint density at radius 3 is 2.42 bits per heavy atom. The van der Waals surface area contributed by atoms with Gasteiger partial charge in [-0.25, -0.2) is 4.79 Å². The van der Waals surface area contributed by atoms with Crippen LogP contribution in [0.1, 0.15) is 31.7 Å². The van der Waals surface area contributed by atoms with E-state index in [9.17, 15) is 24.0 Å². The van der Waals surface area contributed by atoms with Crippen molar-refractivity contribution < 1.29 is 14.4 Å². The molecule has 1 aromatic heterocycles. The van der Waals surface area contributed by atoms with Crippen LogP contribution < -0.4 is 33.3 Å². The summed E-state index contributed by atoms with van der Waals surface area (Å²) >= 11 is 0. The molecule has 1 atom stereocenters. The summed E-state index contributed by atoms with van der Waals surface area (Å²) < 4.78 is 1.09. The topological polar surface area (TPSA) is 185 Å². The first-order chi connectivity index (χ1) is 14.7. The molecule has 7 N–H and O–H groups in total. The molecule has 1 aromatic rings. The molecule has 1 rings (SSSR count). The number of hydrogen-bond donors (Lipinski definition) is 5. The number of aromatic nitrogens is 2. The monoisotopic (exact) mass is 439 g/mol. The predicted molar refractivity (Wildman–Crippen MR) is 115 cm³/mol. The first-order valence-electron chi connectivity index (χ1n) is 10.2. The van der Waals surface area contributed by atoms with Crippen molar-refractivity contribution in [1.29, 1.82) is 0 Å². The summed E-state index contributed by atoms with van der Waals surface area (Å²) in [5.74, 6) is -1.07. The second-order valence-corrected chi connectivity index (χ2v) is 7.15. The van der Waals surface area contributed by atoms with Gasteiger partial charge in [0.15, 0.2) is 0 Å². The zero-order valence-corrected chi connectivity index (χ0v) is 18.1. The van der Waals surface area contributed by atoms with Gasteiger partial charge in [0.1, 0.15) is 12.6 Å². The Morgan fingerprint density at radius 2 is 1.81 bits per heavy atom. The smallest absolute Gasteiger partial charge is 0.328 e. The number of nitrogens with two attached hydrogens (primary N) is 2. The summed E-state index contributed by atoms with van der Waals surface area (Å²) in [5, 5.41) is 5.30. The molecule has 0 radical (unpaired) electrons. The SMILES string of the molecule is CC(=O)NCCNC(=O)C(CCCCN)N(CCN)C(=O)Cn1cc(C)c(=O)[nH]c1=O. The number of aromatic amines is 1. The first-order valence-corrected chi connectivity index (χ1v) is 10.2. The lowest BCUT2D eigenvalue weighted by atomic mass is 10.1. The van der Waals surface area contributed by atoms with Crippen molar-refractivity contribution in [2.45, 2.75) is 45.7 Å². The number of unbranched alkanes of at least 4 members (excludes halogenated alkanes) is 1. The van der Waals surface area contributed by atoms with Gasteiger partial charge in [0, 0.05) is 44.9 Å². The van der Waals surface area contributed by atoms with E-state index >= 15 is 0 Å². The first kappa shape index (κ1) is 26.0. The Balaban J connectivity index is 3.01. The van der Waals surface area contributed by atoms with E-state index in [4.69, 9.17) is 11.5 Å². The number of aryl methyl sites for hydroxylation is 1. The number of carbonyl (C=O) groups excluding carboxylic acids is 3. The molecule has 0 saturated carbocycles. The predicted octanol–water partition coefficient (Wildman–Crippen LogP) is -2.62. The molecule has 0 saturated heterocycles. The second kappa shape index (κ2) is 13.3. The number of nitrogens with one attached hydrogen (secondary N) is 3. The van der Waals surface area contributed by atoms with Crippen LogP contribution in [0.5, 0.6) is 0 Å². The van der Waals surface area contributed by atoms with Crippen LogP contribution in [0.15, 0.2) is 15.8 Å². The summed E-state index contributed by atoms with van der Waals surface area (Å²) in [6.45, 7) is 3.70. The molecular weight excluding hydrogens is 406 g/mol. The van der Waals surface area contributed by atoms with Gasteiger partial charge < -0.3 is 27.0 Å². The van der Waals surface area contributed by atoms with Crippen LogP contribution in [-0.4, -0.2) is 70.9 Å². The van der Waals surface area contributed by atoms with Crippen LogP contribution in [-0.2, 0) is 20.9 Å². The highest BCUT2D eigenvalue weighted by Gasteiger charge is 2.29. The van der Waals surface area contributed by atoms with Crippen LogP contribution in [0.25, 0.3) is 0 Å². The lowest BCUT2D eigenvalue weighted by Crippen LogP contribution is -2.53. The molecule has 31 heavy (non-hydrogen) atoms. The van der Waals surface area contributed by atoms with Crippen molar-refractivity contribution in [3.8, 4) is 0 Å². The van der Waals surface area contributed by atoms with Crippen molar-refractivity contribution >= 4 is 17.7 Å². The molecule has 0 aliphatic carbocycles. The minimum atomic E-state index is -0.806. The Kier molecular flexibility index (Phi) is 11.2. The number of amides is 3. The molecule has 0 aliphatic heterocycles. The van der Waals surface area contributed by atoms with E-state index in [1.807, 2.05) is 0 Å². The van der Waals surface area contributed by atoms with Gasteiger partial charge in [-0.2, -0.15) is 0 Å². The summed E-state index contributed by atoms with van der Waals surface area (Å²) in [6.07, 6.45) is 2.97. The van der Waals surface area contributed by atoms with Crippen molar-refractivity contribution in [1.82, 2.24) is 25.1 Å². The fraction of sp³-hybridized carbons (Fsp3) is 0.632. The van der Waals surface area contributed by atoms with E-state index in [-0.39, 0.29) is 50.1 Å². The Bertz CT molecular complexity index is 864. The highest BCUT2D eigenvalue weighted by molar-refractivity contribution is 5.87. The second-order valence-electron chi connectivity index (χ2n) is 7.15. The lowest BCUT2D eigenvalue weighted by molar-refractivity contribution is -0.141. The molecule has 1 unspecified atom stereocenters. The summed E-state index contributed by atoms with van der Waals surface area (Å²) in [6, 6.07) is -0.806. The minimum Gasteiger partial charge on any atom is -0.355 e. The van der Waals surface area contributed by atoms with Gasteiger partial charge in [-0.05, 0) is 32.7 Å². The van der Waals surface area contributed by atoms with E-state index in [1.54, 1.807) is 0 Å². The summed E-state index contributed by atoms with van der Waals surface area (Å²) in [5.41, 5.74) is 10.3. The molecule has 0 fully saturated rings. The molecule has 0 aliphatic rings. The Hall–Kier alpha value is -2.99. The van der Waals surface area contributed by atoms with E-state index in [2.05, 4.69) is 15.6 Å². The maximum atomic E-state index is 13.0. The number of carbonyl (C=O) groups is 3.